The van der Waals surface area contributed by atoms with Crippen LogP contribution in [0.5, 0.6) is 0 Å². The zero-order valence-electron chi connectivity index (χ0n) is 6.35. The van der Waals surface area contributed by atoms with Crippen molar-refractivity contribution in [2.45, 2.75) is 32.8 Å². The van der Waals surface area contributed by atoms with Crippen LogP contribution in [-0.4, -0.2) is 17.0 Å². The van der Waals surface area contributed by atoms with Crippen LogP contribution in [0.1, 0.15) is 26.7 Å². The molecule has 0 saturated heterocycles. The number of hydrogen-bond donors (Lipinski definition) is 1. The van der Waals surface area contributed by atoms with Gasteiger partial charge in [-0.3, -0.25) is 4.79 Å². The molecule has 1 rings (SSSR count). The van der Waals surface area contributed by atoms with Crippen molar-refractivity contribution in [3.05, 3.63) is 11.1 Å². The van der Waals surface area contributed by atoms with E-state index in [1.807, 2.05) is 0 Å². The largest absolute Gasteiger partial charge is 0.389 e. The Morgan fingerprint density at radius 1 is 1.50 bits per heavy atom. The molecule has 0 aromatic heterocycles. The van der Waals surface area contributed by atoms with Crippen molar-refractivity contribution in [3.63, 3.8) is 0 Å². The van der Waals surface area contributed by atoms with Gasteiger partial charge in [-0.1, -0.05) is 0 Å². The van der Waals surface area contributed by atoms with E-state index in [9.17, 15) is 4.79 Å². The van der Waals surface area contributed by atoms with Gasteiger partial charge in [0.2, 0.25) is 0 Å². The third-order valence-corrected chi connectivity index (χ3v) is 2.03. The monoisotopic (exact) mass is 140 g/mol. The summed E-state index contributed by atoms with van der Waals surface area (Å²) in [6, 6.07) is 0. The number of ketones is 1. The van der Waals surface area contributed by atoms with Crippen LogP contribution in [0.15, 0.2) is 11.1 Å². The van der Waals surface area contributed by atoms with Crippen LogP contribution in [-0.2, 0) is 4.79 Å². The Morgan fingerprint density at radius 3 is 2.30 bits per heavy atom. The third-order valence-electron chi connectivity index (χ3n) is 2.03. The summed E-state index contributed by atoms with van der Waals surface area (Å²) in [7, 11) is 0. The Hall–Kier alpha value is -0.630. The lowest BCUT2D eigenvalue weighted by Gasteiger charge is -2.04. The van der Waals surface area contributed by atoms with Crippen LogP contribution in [0.2, 0.25) is 0 Å². The van der Waals surface area contributed by atoms with Crippen LogP contribution in [0, 0.1) is 0 Å². The van der Waals surface area contributed by atoms with E-state index < -0.39 is 6.10 Å². The predicted octanol–water partition coefficient (Wildman–Crippen LogP) is 1.05. The third kappa shape index (κ3) is 1.12. The summed E-state index contributed by atoms with van der Waals surface area (Å²) < 4.78 is 0. The minimum absolute atomic E-state index is 0.191. The topological polar surface area (TPSA) is 37.3 Å². The molecular weight excluding hydrogens is 128 g/mol. The summed E-state index contributed by atoms with van der Waals surface area (Å²) in [5, 5.41) is 9.13. The van der Waals surface area contributed by atoms with E-state index >= 15 is 0 Å². The molecule has 56 valence electrons. The summed E-state index contributed by atoms with van der Waals surface area (Å²) >= 11 is 0. The lowest BCUT2D eigenvalue weighted by atomic mass is 10.1. The van der Waals surface area contributed by atoms with E-state index in [4.69, 9.17) is 5.11 Å². The highest BCUT2D eigenvalue weighted by molar-refractivity contribution is 5.98. The van der Waals surface area contributed by atoms with Crippen molar-refractivity contribution >= 4 is 5.78 Å². The zero-order chi connectivity index (χ0) is 7.72. The summed E-state index contributed by atoms with van der Waals surface area (Å²) in [5.74, 6) is 0.191. The second-order valence-electron chi connectivity index (χ2n) is 2.75. The molecule has 1 atom stereocenters. The Labute approximate surface area is 60.6 Å². The number of hydrogen-bond acceptors (Lipinski definition) is 2. The normalized spacial score (nSPS) is 22.1. The molecule has 0 aliphatic heterocycles. The van der Waals surface area contributed by atoms with Gasteiger partial charge in [0.05, 0.1) is 6.10 Å². The fourth-order valence-electron chi connectivity index (χ4n) is 1.32. The first-order valence-electron chi connectivity index (χ1n) is 3.54. The maximum atomic E-state index is 10.9. The van der Waals surface area contributed by atoms with Crippen LogP contribution in [0.25, 0.3) is 0 Å². The SMILES string of the molecule is CC1=C(C(C)O)CCC1=O. The first kappa shape index (κ1) is 7.48. The predicted molar refractivity (Wildman–Crippen MR) is 38.6 cm³/mol. The minimum atomic E-state index is -0.438. The summed E-state index contributed by atoms with van der Waals surface area (Å²) in [6.07, 6.45) is 0.903. The minimum Gasteiger partial charge on any atom is -0.389 e. The van der Waals surface area contributed by atoms with Gasteiger partial charge < -0.3 is 5.11 Å². The Morgan fingerprint density at radius 2 is 2.10 bits per heavy atom. The highest BCUT2D eigenvalue weighted by Crippen LogP contribution is 2.24. The van der Waals surface area contributed by atoms with Crippen molar-refractivity contribution in [2.24, 2.45) is 0 Å². The molecule has 1 N–H and O–H groups in total. The highest BCUT2D eigenvalue weighted by atomic mass is 16.3. The lowest BCUT2D eigenvalue weighted by Crippen LogP contribution is -2.03. The van der Waals surface area contributed by atoms with Gasteiger partial charge in [-0.25, -0.2) is 0 Å². The van der Waals surface area contributed by atoms with Crippen LogP contribution >= 0.6 is 0 Å². The fraction of sp³-hybridized carbons (Fsp3) is 0.625. The fourth-order valence-corrected chi connectivity index (χ4v) is 1.32. The van der Waals surface area contributed by atoms with Gasteiger partial charge >= 0.3 is 0 Å². The van der Waals surface area contributed by atoms with Crippen molar-refractivity contribution < 1.29 is 9.90 Å². The van der Waals surface area contributed by atoms with Gasteiger partial charge in [-0.2, -0.15) is 0 Å². The number of aliphatic hydroxyl groups is 1. The molecule has 0 fully saturated rings. The highest BCUT2D eigenvalue weighted by Gasteiger charge is 2.21. The second kappa shape index (κ2) is 2.54. The van der Waals surface area contributed by atoms with E-state index in [-0.39, 0.29) is 5.78 Å². The molecule has 0 aromatic rings. The van der Waals surface area contributed by atoms with Crippen molar-refractivity contribution in [3.8, 4) is 0 Å². The average Bonchev–Trinajstić information content (AvgIpc) is 2.14. The van der Waals surface area contributed by atoms with E-state index in [1.165, 1.54) is 0 Å². The molecule has 0 aromatic carbocycles. The zero-order valence-corrected chi connectivity index (χ0v) is 6.35. The molecule has 10 heavy (non-hydrogen) atoms. The Balaban J connectivity index is 2.85. The number of carbonyl (C=O) groups is 1. The summed E-state index contributed by atoms with van der Waals surface area (Å²) in [5.41, 5.74) is 1.69. The first-order chi connectivity index (χ1) is 4.63. The molecule has 1 aliphatic carbocycles. The van der Waals surface area contributed by atoms with Crippen LogP contribution in [0.4, 0.5) is 0 Å². The van der Waals surface area contributed by atoms with Gasteiger partial charge in [-0.05, 0) is 31.4 Å². The molecule has 2 heteroatoms. The molecular formula is C8H12O2. The summed E-state index contributed by atoms with van der Waals surface area (Å²) in [6.45, 7) is 3.49. The maximum Gasteiger partial charge on any atom is 0.158 e. The maximum absolute atomic E-state index is 10.9. The van der Waals surface area contributed by atoms with Gasteiger partial charge in [-0.15, -0.1) is 0 Å². The number of aliphatic hydroxyl groups excluding tert-OH is 1. The molecule has 1 aliphatic rings. The van der Waals surface area contributed by atoms with E-state index in [0.717, 1.165) is 17.6 Å². The van der Waals surface area contributed by atoms with Crippen LogP contribution in [0.3, 0.4) is 0 Å². The first-order valence-corrected chi connectivity index (χ1v) is 3.54. The second-order valence-corrected chi connectivity index (χ2v) is 2.75. The molecule has 0 bridgehead atoms. The molecule has 0 radical (unpaired) electrons. The molecule has 1 unspecified atom stereocenters. The van der Waals surface area contributed by atoms with E-state index in [0.29, 0.717) is 6.42 Å². The Bertz CT molecular complexity index is 189. The number of carbonyl (C=O) groups excluding carboxylic acids is 1. The van der Waals surface area contributed by atoms with Gasteiger partial charge in [0.1, 0.15) is 0 Å². The molecule has 0 heterocycles. The molecule has 0 saturated carbocycles. The standard InChI is InChI=1S/C8H12O2/c1-5-7(6(2)9)3-4-8(5)10/h6,9H,3-4H2,1-2H3. The van der Waals surface area contributed by atoms with Gasteiger partial charge in [0, 0.05) is 6.42 Å². The Kier molecular flexibility index (Phi) is 1.90. The average molecular weight is 140 g/mol. The number of allylic oxidation sites excluding steroid dienone is 1. The van der Waals surface area contributed by atoms with E-state index in [2.05, 4.69) is 0 Å². The molecule has 2 nitrogen and oxygen atoms in total. The number of rotatable bonds is 1. The molecule has 0 spiro atoms. The summed E-state index contributed by atoms with van der Waals surface area (Å²) in [4.78, 5) is 10.9. The quantitative estimate of drug-likeness (QED) is 0.591. The molecule has 0 amide bonds. The van der Waals surface area contributed by atoms with Crippen molar-refractivity contribution in [1.29, 1.82) is 0 Å². The van der Waals surface area contributed by atoms with Crippen LogP contribution < -0.4 is 0 Å². The smallest absolute Gasteiger partial charge is 0.158 e. The van der Waals surface area contributed by atoms with Gasteiger partial charge in [0.15, 0.2) is 5.78 Å². The number of Topliss-reactive ketones (excluding diaryl/α,β-unsaturated/α-hetero) is 1. The lowest BCUT2D eigenvalue weighted by molar-refractivity contribution is -0.114. The van der Waals surface area contributed by atoms with Crippen molar-refractivity contribution in [2.75, 3.05) is 0 Å². The van der Waals surface area contributed by atoms with Gasteiger partial charge in [0.25, 0.3) is 0 Å². The van der Waals surface area contributed by atoms with Crippen molar-refractivity contribution in [1.82, 2.24) is 0 Å². The van der Waals surface area contributed by atoms with E-state index in [1.54, 1.807) is 13.8 Å².